The molecule has 0 aliphatic rings. The minimum absolute atomic E-state index is 0.612. The molecule has 0 aliphatic carbocycles. The molecule has 9 rings (SSSR count). The van der Waals surface area contributed by atoms with Gasteiger partial charge in [-0.1, -0.05) is 48.5 Å². The van der Waals surface area contributed by atoms with Gasteiger partial charge < -0.3 is 8.98 Å². The molecule has 0 saturated heterocycles. The van der Waals surface area contributed by atoms with Gasteiger partial charge in [0.2, 0.25) is 5.89 Å². The van der Waals surface area contributed by atoms with Gasteiger partial charge in [0.15, 0.2) is 11.4 Å². The smallest absolute Gasteiger partial charge is 0.227 e. The van der Waals surface area contributed by atoms with Gasteiger partial charge in [0.1, 0.15) is 5.52 Å². The van der Waals surface area contributed by atoms with Crippen molar-refractivity contribution in [1.82, 2.24) is 29.5 Å². The molecule has 46 heavy (non-hydrogen) atoms. The van der Waals surface area contributed by atoms with Crippen molar-refractivity contribution < 1.29 is 4.42 Å². The highest BCUT2D eigenvalue weighted by Gasteiger charge is 2.19. The molecule has 4 aromatic carbocycles. The van der Waals surface area contributed by atoms with Crippen LogP contribution in [0.15, 0.2) is 151 Å². The van der Waals surface area contributed by atoms with Crippen molar-refractivity contribution in [3.63, 3.8) is 0 Å². The average molecular weight is 593 g/mol. The van der Waals surface area contributed by atoms with Crippen molar-refractivity contribution in [3.05, 3.63) is 146 Å². The van der Waals surface area contributed by atoms with Crippen LogP contribution in [0.3, 0.4) is 0 Å². The zero-order chi connectivity index (χ0) is 30.5. The van der Waals surface area contributed by atoms with Gasteiger partial charge >= 0.3 is 0 Å². The maximum absolute atomic E-state index is 6.48. The van der Waals surface area contributed by atoms with Gasteiger partial charge in [-0.2, -0.15) is 0 Å². The Morgan fingerprint density at radius 1 is 0.500 bits per heavy atom. The molecule has 0 fully saturated rings. The Balaban J connectivity index is 1.24. The molecule has 0 aliphatic heterocycles. The van der Waals surface area contributed by atoms with Crippen LogP contribution in [0.5, 0.6) is 0 Å². The van der Waals surface area contributed by atoms with Crippen molar-refractivity contribution in [2.24, 2.45) is 0 Å². The maximum atomic E-state index is 6.48. The van der Waals surface area contributed by atoms with Crippen LogP contribution in [0, 0.1) is 0 Å². The summed E-state index contributed by atoms with van der Waals surface area (Å²) in [6.07, 6.45) is 7.07. The second-order valence-corrected chi connectivity index (χ2v) is 11.0. The molecule has 0 N–H and O–H groups in total. The molecule has 0 radical (unpaired) electrons. The minimum Gasteiger partial charge on any atom is -0.435 e. The van der Waals surface area contributed by atoms with Crippen LogP contribution in [0.1, 0.15) is 0 Å². The summed E-state index contributed by atoms with van der Waals surface area (Å²) in [6.45, 7) is 0. The highest BCUT2D eigenvalue weighted by Crippen LogP contribution is 2.39. The third kappa shape index (κ3) is 4.33. The molecule has 5 aromatic heterocycles. The summed E-state index contributed by atoms with van der Waals surface area (Å²) in [5, 5.41) is 2.14. The van der Waals surface area contributed by atoms with Gasteiger partial charge in [0, 0.05) is 58.1 Å². The number of aromatic nitrogens is 6. The molecule has 0 bridgehead atoms. The second-order valence-electron chi connectivity index (χ2n) is 11.0. The molecule has 5 heterocycles. The number of nitrogens with zero attached hydrogens (tertiary/aromatic N) is 6. The van der Waals surface area contributed by atoms with E-state index in [9.17, 15) is 0 Å². The number of oxazole rings is 1. The van der Waals surface area contributed by atoms with E-state index >= 15 is 0 Å². The molecule has 0 atom stereocenters. The molecule has 7 heteroatoms. The summed E-state index contributed by atoms with van der Waals surface area (Å²) in [4.78, 5) is 23.2. The second kappa shape index (κ2) is 10.6. The van der Waals surface area contributed by atoms with Gasteiger partial charge in [-0.25, -0.2) is 15.0 Å². The fourth-order valence-corrected chi connectivity index (χ4v) is 6.12. The lowest BCUT2D eigenvalue weighted by molar-refractivity contribution is 0.623. The van der Waals surface area contributed by atoms with E-state index in [-0.39, 0.29) is 0 Å². The average Bonchev–Trinajstić information content (AvgIpc) is 3.72. The van der Waals surface area contributed by atoms with E-state index in [1.54, 1.807) is 24.8 Å². The Morgan fingerprint density at radius 2 is 1.20 bits per heavy atom. The summed E-state index contributed by atoms with van der Waals surface area (Å²) < 4.78 is 8.76. The van der Waals surface area contributed by atoms with Crippen LogP contribution in [0.2, 0.25) is 0 Å². The van der Waals surface area contributed by atoms with Crippen LogP contribution >= 0.6 is 0 Å². The number of hydrogen-bond acceptors (Lipinski definition) is 6. The van der Waals surface area contributed by atoms with E-state index in [1.807, 2.05) is 66.7 Å². The van der Waals surface area contributed by atoms with E-state index in [0.29, 0.717) is 11.7 Å². The van der Waals surface area contributed by atoms with E-state index in [4.69, 9.17) is 19.4 Å². The first-order chi connectivity index (χ1) is 22.8. The maximum Gasteiger partial charge on any atom is 0.227 e. The Labute approximate surface area is 263 Å². The number of hydrogen-bond donors (Lipinski definition) is 0. The molecule has 7 nitrogen and oxygen atoms in total. The fourth-order valence-electron chi connectivity index (χ4n) is 6.12. The third-order valence-electron chi connectivity index (χ3n) is 8.25. The Kier molecular flexibility index (Phi) is 5.99. The molecule has 0 amide bonds. The zero-order valence-electron chi connectivity index (χ0n) is 24.4. The number of rotatable bonds is 5. The van der Waals surface area contributed by atoms with Crippen LogP contribution in [0.25, 0.3) is 83.9 Å². The molecular formula is C39H24N6O. The largest absolute Gasteiger partial charge is 0.435 e. The van der Waals surface area contributed by atoms with Gasteiger partial charge in [-0.15, -0.1) is 0 Å². The molecule has 0 unspecified atom stereocenters. The van der Waals surface area contributed by atoms with E-state index < -0.39 is 0 Å². The van der Waals surface area contributed by atoms with Crippen LogP contribution in [-0.2, 0) is 0 Å². The Morgan fingerprint density at radius 3 is 2.00 bits per heavy atom. The predicted molar refractivity (Wildman–Crippen MR) is 181 cm³/mol. The monoisotopic (exact) mass is 592 g/mol. The lowest BCUT2D eigenvalue weighted by Crippen LogP contribution is -1.98. The van der Waals surface area contributed by atoms with E-state index in [2.05, 4.69) is 69.1 Å². The molecule has 9 aromatic rings. The van der Waals surface area contributed by atoms with E-state index in [0.717, 1.165) is 72.2 Å². The van der Waals surface area contributed by atoms with Gasteiger partial charge in [0.05, 0.1) is 27.8 Å². The standard InChI is InChI=1S/C39H24N6O/c1-2-7-27(8-3-1)39-44-31-13-14-35-36(37(31)46-39)30-11-4-5-12-34(30)45(35)29-10-6-9-28(23-29)33-24-32(25-15-19-40-20-16-25)42-38(43-33)26-17-21-41-22-18-26/h1-24H. The Hall–Kier alpha value is -6.47. The zero-order valence-corrected chi connectivity index (χ0v) is 24.4. The predicted octanol–water partition coefficient (Wildman–Crippen LogP) is 9.17. The highest BCUT2D eigenvalue weighted by atomic mass is 16.3. The topological polar surface area (TPSA) is 82.5 Å². The number of pyridine rings is 2. The molecule has 0 spiro atoms. The number of benzene rings is 4. The number of para-hydroxylation sites is 1. The number of fused-ring (bicyclic) bond motifs is 5. The summed E-state index contributed by atoms with van der Waals surface area (Å²) in [6, 6.07) is 40.9. The normalized spacial score (nSPS) is 11.5. The van der Waals surface area contributed by atoms with Crippen molar-refractivity contribution in [3.8, 4) is 51.0 Å². The third-order valence-corrected chi connectivity index (χ3v) is 8.25. The molecule has 0 saturated carbocycles. The summed E-state index contributed by atoms with van der Waals surface area (Å²) >= 11 is 0. The van der Waals surface area contributed by atoms with Crippen molar-refractivity contribution >= 4 is 32.9 Å². The lowest BCUT2D eigenvalue weighted by Gasteiger charge is -2.12. The fraction of sp³-hybridized carbons (Fsp3) is 0. The first kappa shape index (κ1) is 26.0. The van der Waals surface area contributed by atoms with Crippen LogP contribution in [-0.4, -0.2) is 29.5 Å². The highest BCUT2D eigenvalue weighted by molar-refractivity contribution is 6.19. The molecular weight excluding hydrogens is 568 g/mol. The first-order valence-corrected chi connectivity index (χ1v) is 15.0. The van der Waals surface area contributed by atoms with Crippen molar-refractivity contribution in [2.75, 3.05) is 0 Å². The van der Waals surface area contributed by atoms with Gasteiger partial charge in [0.25, 0.3) is 0 Å². The van der Waals surface area contributed by atoms with Crippen LogP contribution in [0.4, 0.5) is 0 Å². The van der Waals surface area contributed by atoms with Gasteiger partial charge in [-0.05, 0) is 72.8 Å². The summed E-state index contributed by atoms with van der Waals surface area (Å²) in [5.74, 6) is 1.25. The van der Waals surface area contributed by atoms with Gasteiger partial charge in [-0.3, -0.25) is 9.97 Å². The van der Waals surface area contributed by atoms with Crippen molar-refractivity contribution in [2.45, 2.75) is 0 Å². The van der Waals surface area contributed by atoms with E-state index in [1.165, 1.54) is 0 Å². The SMILES string of the molecule is c1ccc(-c2nc3ccc4c(c5ccccc5n4-c4cccc(-c5cc(-c6ccncc6)nc(-c6ccncc6)n5)c4)c3o2)cc1. The minimum atomic E-state index is 0.612. The summed E-state index contributed by atoms with van der Waals surface area (Å²) in [7, 11) is 0. The quantitative estimate of drug-likeness (QED) is 0.198. The summed E-state index contributed by atoms with van der Waals surface area (Å²) in [5.41, 5.74) is 10.2. The Bertz CT molecular complexity index is 2460. The van der Waals surface area contributed by atoms with Crippen molar-refractivity contribution in [1.29, 1.82) is 0 Å². The lowest BCUT2D eigenvalue weighted by atomic mass is 10.1. The molecule has 216 valence electrons. The van der Waals surface area contributed by atoms with Crippen LogP contribution < -0.4 is 0 Å². The first-order valence-electron chi connectivity index (χ1n) is 15.0.